The first-order valence-corrected chi connectivity index (χ1v) is 10.6. The van der Waals surface area contributed by atoms with Gasteiger partial charge < -0.3 is 25.4 Å². The highest BCUT2D eigenvalue weighted by Crippen LogP contribution is 2.28. The minimum absolute atomic E-state index is 0.133. The third-order valence-electron chi connectivity index (χ3n) is 5.93. The second-order valence-corrected chi connectivity index (χ2v) is 7.90. The first-order valence-electron chi connectivity index (χ1n) is 10.6. The molecule has 3 aromatic rings. The molecule has 3 N–H and O–H groups in total. The van der Waals surface area contributed by atoms with Crippen LogP contribution >= 0.6 is 0 Å². The van der Waals surface area contributed by atoms with Gasteiger partial charge in [0.15, 0.2) is 11.6 Å². The van der Waals surface area contributed by atoms with Gasteiger partial charge in [0, 0.05) is 50.7 Å². The average Bonchev–Trinajstić information content (AvgIpc) is 2.79. The molecule has 31 heavy (non-hydrogen) atoms. The fourth-order valence-corrected chi connectivity index (χ4v) is 3.91. The molecule has 1 saturated heterocycles. The molecule has 1 aliphatic rings. The summed E-state index contributed by atoms with van der Waals surface area (Å²) in [6, 6.07) is 11.4. The third-order valence-corrected chi connectivity index (χ3v) is 5.93. The number of rotatable bonds is 5. The summed E-state index contributed by atoms with van der Waals surface area (Å²) in [6.07, 6.45) is 1.82. The number of aryl methyl sites for hydroxylation is 1. The number of piperazine rings is 1. The van der Waals surface area contributed by atoms with Crippen molar-refractivity contribution in [3.63, 3.8) is 0 Å². The molecule has 1 fully saturated rings. The molecule has 0 saturated carbocycles. The quantitative estimate of drug-likeness (QED) is 0.614. The van der Waals surface area contributed by atoms with E-state index in [0.717, 1.165) is 60.9 Å². The Morgan fingerprint density at radius 1 is 1.10 bits per heavy atom. The SMILES string of the molecule is CCN1CCN(c2ccc(Nc3cc(-c4cccc(N)c4C)cn(C)c3=O)nn2)CC1. The van der Waals surface area contributed by atoms with Crippen molar-refractivity contribution in [3.8, 4) is 11.1 Å². The lowest BCUT2D eigenvalue weighted by Gasteiger charge is -2.34. The normalized spacial score (nSPS) is 14.6. The van der Waals surface area contributed by atoms with Crippen molar-refractivity contribution in [1.82, 2.24) is 19.7 Å². The summed E-state index contributed by atoms with van der Waals surface area (Å²) in [4.78, 5) is 17.4. The van der Waals surface area contributed by atoms with Crippen LogP contribution in [0, 0.1) is 6.92 Å². The average molecular weight is 420 g/mol. The van der Waals surface area contributed by atoms with E-state index in [1.54, 1.807) is 11.6 Å². The van der Waals surface area contributed by atoms with E-state index in [1.807, 2.05) is 49.5 Å². The van der Waals surface area contributed by atoms with Crippen LogP contribution in [0.15, 0.2) is 47.4 Å². The summed E-state index contributed by atoms with van der Waals surface area (Å²) in [7, 11) is 1.74. The minimum Gasteiger partial charge on any atom is -0.398 e. The molecular formula is C23H29N7O. The van der Waals surface area contributed by atoms with Crippen LogP contribution in [-0.2, 0) is 7.05 Å². The maximum Gasteiger partial charge on any atom is 0.274 e. The van der Waals surface area contributed by atoms with Crippen LogP contribution < -0.4 is 21.5 Å². The van der Waals surface area contributed by atoms with E-state index in [-0.39, 0.29) is 5.56 Å². The topological polar surface area (TPSA) is 92.3 Å². The Balaban J connectivity index is 1.56. The monoisotopic (exact) mass is 419 g/mol. The highest BCUT2D eigenvalue weighted by atomic mass is 16.1. The molecule has 0 amide bonds. The maximum absolute atomic E-state index is 12.7. The van der Waals surface area contributed by atoms with Crippen molar-refractivity contribution < 1.29 is 0 Å². The van der Waals surface area contributed by atoms with Gasteiger partial charge in [0.25, 0.3) is 5.56 Å². The zero-order valence-corrected chi connectivity index (χ0v) is 18.3. The van der Waals surface area contributed by atoms with Crippen molar-refractivity contribution in [1.29, 1.82) is 0 Å². The number of nitrogens with two attached hydrogens (primary N) is 1. The van der Waals surface area contributed by atoms with Gasteiger partial charge in [0.2, 0.25) is 0 Å². The number of pyridine rings is 1. The molecule has 8 nitrogen and oxygen atoms in total. The van der Waals surface area contributed by atoms with E-state index in [4.69, 9.17) is 5.73 Å². The van der Waals surface area contributed by atoms with Crippen molar-refractivity contribution in [3.05, 3.63) is 58.5 Å². The van der Waals surface area contributed by atoms with Gasteiger partial charge in [-0.1, -0.05) is 19.1 Å². The van der Waals surface area contributed by atoms with Gasteiger partial charge in [-0.25, -0.2) is 0 Å². The molecule has 1 aliphatic heterocycles. The number of nitrogen functional groups attached to an aromatic ring is 1. The number of nitrogens with one attached hydrogen (secondary N) is 1. The molecule has 4 rings (SSSR count). The Bertz CT molecular complexity index is 1120. The highest BCUT2D eigenvalue weighted by Gasteiger charge is 2.17. The number of anilines is 4. The molecule has 0 unspecified atom stereocenters. The number of likely N-dealkylation sites (N-methyl/N-ethyl adjacent to an activating group) is 1. The molecule has 2 aromatic heterocycles. The predicted octanol–water partition coefficient (Wildman–Crippen LogP) is 2.62. The molecule has 162 valence electrons. The summed E-state index contributed by atoms with van der Waals surface area (Å²) < 4.78 is 1.56. The van der Waals surface area contributed by atoms with E-state index in [0.29, 0.717) is 11.5 Å². The number of hydrogen-bond acceptors (Lipinski definition) is 7. The molecule has 0 aliphatic carbocycles. The van der Waals surface area contributed by atoms with Gasteiger partial charge in [-0.15, -0.1) is 10.2 Å². The fourth-order valence-electron chi connectivity index (χ4n) is 3.91. The van der Waals surface area contributed by atoms with Crippen LogP contribution in [0.2, 0.25) is 0 Å². The van der Waals surface area contributed by atoms with Gasteiger partial charge in [-0.05, 0) is 48.9 Å². The lowest BCUT2D eigenvalue weighted by molar-refractivity contribution is 0.270. The Morgan fingerprint density at radius 3 is 2.55 bits per heavy atom. The van der Waals surface area contributed by atoms with Crippen molar-refractivity contribution in [2.75, 3.05) is 48.7 Å². The Labute approximate surface area is 182 Å². The maximum atomic E-state index is 12.7. The minimum atomic E-state index is -0.133. The van der Waals surface area contributed by atoms with Crippen LogP contribution in [0.4, 0.5) is 23.0 Å². The van der Waals surface area contributed by atoms with Gasteiger partial charge in [-0.2, -0.15) is 0 Å². The van der Waals surface area contributed by atoms with Gasteiger partial charge in [0.1, 0.15) is 5.69 Å². The van der Waals surface area contributed by atoms with Crippen LogP contribution in [0.25, 0.3) is 11.1 Å². The van der Waals surface area contributed by atoms with Crippen LogP contribution in [-0.4, -0.2) is 52.4 Å². The van der Waals surface area contributed by atoms with Gasteiger partial charge in [0.05, 0.1) is 0 Å². The molecule has 1 aromatic carbocycles. The van der Waals surface area contributed by atoms with Crippen molar-refractivity contribution in [2.45, 2.75) is 13.8 Å². The Kier molecular flexibility index (Phi) is 5.90. The first-order chi connectivity index (χ1) is 15.0. The summed E-state index contributed by atoms with van der Waals surface area (Å²) in [5.74, 6) is 1.40. The molecule has 0 spiro atoms. The van der Waals surface area contributed by atoms with Gasteiger partial charge in [-0.3, -0.25) is 4.79 Å². The smallest absolute Gasteiger partial charge is 0.274 e. The summed E-state index contributed by atoms with van der Waals surface area (Å²) in [6.45, 7) is 9.19. The number of benzene rings is 1. The molecule has 8 heteroatoms. The van der Waals surface area contributed by atoms with E-state index in [1.165, 1.54) is 0 Å². The van der Waals surface area contributed by atoms with Crippen molar-refractivity contribution in [2.24, 2.45) is 7.05 Å². The largest absolute Gasteiger partial charge is 0.398 e. The fraction of sp³-hybridized carbons (Fsp3) is 0.348. The predicted molar refractivity (Wildman–Crippen MR) is 126 cm³/mol. The van der Waals surface area contributed by atoms with E-state index >= 15 is 0 Å². The number of hydrogen-bond donors (Lipinski definition) is 2. The standard InChI is InChI=1S/C23H29N7O/c1-4-29-10-12-30(13-11-29)22-9-8-21(26-27-22)25-20-14-17(15-28(3)23(20)31)18-6-5-7-19(24)16(18)2/h5-9,14-15H,4,10-13,24H2,1-3H3,(H,25,26). The van der Waals surface area contributed by atoms with Crippen LogP contribution in [0.5, 0.6) is 0 Å². The Hall–Kier alpha value is -3.39. The van der Waals surface area contributed by atoms with E-state index in [9.17, 15) is 4.79 Å². The number of aromatic nitrogens is 3. The second kappa shape index (κ2) is 8.77. The van der Waals surface area contributed by atoms with Gasteiger partial charge >= 0.3 is 0 Å². The van der Waals surface area contributed by atoms with Crippen LogP contribution in [0.3, 0.4) is 0 Å². The third kappa shape index (κ3) is 4.39. The summed E-state index contributed by atoms with van der Waals surface area (Å²) >= 11 is 0. The van der Waals surface area contributed by atoms with Crippen LogP contribution in [0.1, 0.15) is 12.5 Å². The lowest BCUT2D eigenvalue weighted by Crippen LogP contribution is -2.46. The molecule has 3 heterocycles. The lowest BCUT2D eigenvalue weighted by atomic mass is 10.0. The summed E-state index contributed by atoms with van der Waals surface area (Å²) in [5.41, 5.74) is 9.99. The van der Waals surface area contributed by atoms with E-state index in [2.05, 4.69) is 32.2 Å². The zero-order valence-electron chi connectivity index (χ0n) is 18.3. The van der Waals surface area contributed by atoms with Crippen molar-refractivity contribution >= 4 is 23.0 Å². The molecule has 0 atom stereocenters. The Morgan fingerprint density at radius 2 is 1.87 bits per heavy atom. The summed E-state index contributed by atoms with van der Waals surface area (Å²) in [5, 5.41) is 11.8. The van der Waals surface area contributed by atoms with E-state index < -0.39 is 0 Å². The second-order valence-electron chi connectivity index (χ2n) is 7.90. The molecule has 0 bridgehead atoms. The highest BCUT2D eigenvalue weighted by molar-refractivity contribution is 5.75. The number of nitrogens with zero attached hydrogens (tertiary/aromatic N) is 5. The first kappa shape index (κ1) is 20.9. The zero-order chi connectivity index (χ0) is 22.0. The molecular weight excluding hydrogens is 390 g/mol. The molecule has 0 radical (unpaired) electrons.